The van der Waals surface area contributed by atoms with Gasteiger partial charge < -0.3 is 15.5 Å². The lowest BCUT2D eigenvalue weighted by Gasteiger charge is -2.34. The molecule has 132 valence electrons. The van der Waals surface area contributed by atoms with Crippen LogP contribution in [0.25, 0.3) is 0 Å². The highest BCUT2D eigenvalue weighted by Crippen LogP contribution is 2.19. The first-order chi connectivity index (χ1) is 11.1. The van der Waals surface area contributed by atoms with E-state index in [0.29, 0.717) is 11.9 Å². The molecular weight excluding hydrogens is 290 g/mol. The molecule has 0 spiro atoms. The molecule has 2 N–H and O–H groups in total. The number of amides is 3. The lowest BCUT2D eigenvalue weighted by Crippen LogP contribution is -2.51. The van der Waals surface area contributed by atoms with E-state index in [0.717, 1.165) is 51.6 Å². The van der Waals surface area contributed by atoms with Crippen molar-refractivity contribution in [2.45, 2.75) is 83.7 Å². The number of nitrogens with one attached hydrogen (secondary N) is 2. The molecule has 0 bridgehead atoms. The number of piperidine rings is 1. The van der Waals surface area contributed by atoms with E-state index in [1.165, 1.54) is 19.3 Å². The molecule has 5 nitrogen and oxygen atoms in total. The Labute approximate surface area is 140 Å². The highest BCUT2D eigenvalue weighted by molar-refractivity contribution is 5.79. The van der Waals surface area contributed by atoms with Gasteiger partial charge in [0.1, 0.15) is 0 Å². The van der Waals surface area contributed by atoms with E-state index in [-0.39, 0.29) is 18.0 Å². The normalized spacial score (nSPS) is 20.6. The Morgan fingerprint density at radius 2 is 1.43 bits per heavy atom. The minimum atomic E-state index is -0.0262. The molecule has 5 heteroatoms. The van der Waals surface area contributed by atoms with E-state index >= 15 is 0 Å². The Balaban J connectivity index is 1.69. The molecular formula is C18H33N3O2. The minimum Gasteiger partial charge on any atom is -0.342 e. The highest BCUT2D eigenvalue weighted by atomic mass is 16.2. The maximum Gasteiger partial charge on any atom is 0.315 e. The summed E-state index contributed by atoms with van der Waals surface area (Å²) in [7, 11) is 0. The first-order valence-corrected chi connectivity index (χ1v) is 9.49. The molecule has 3 amide bonds. The Bertz CT molecular complexity index is 382. The van der Waals surface area contributed by atoms with E-state index in [4.69, 9.17) is 0 Å². The predicted molar refractivity (Wildman–Crippen MR) is 92.2 cm³/mol. The van der Waals surface area contributed by atoms with Gasteiger partial charge in [-0.05, 0) is 38.5 Å². The molecule has 1 saturated heterocycles. The van der Waals surface area contributed by atoms with Crippen molar-refractivity contribution in [1.82, 2.24) is 15.5 Å². The topological polar surface area (TPSA) is 61.4 Å². The van der Waals surface area contributed by atoms with Crippen LogP contribution in [0, 0.1) is 5.92 Å². The summed E-state index contributed by atoms with van der Waals surface area (Å²) < 4.78 is 0. The van der Waals surface area contributed by atoms with Gasteiger partial charge in [-0.15, -0.1) is 0 Å². The second kappa shape index (κ2) is 9.14. The van der Waals surface area contributed by atoms with E-state index in [1.54, 1.807) is 0 Å². The van der Waals surface area contributed by atoms with Crippen LogP contribution in [0.2, 0.25) is 0 Å². The van der Waals surface area contributed by atoms with E-state index < -0.39 is 0 Å². The van der Waals surface area contributed by atoms with Gasteiger partial charge in [0.2, 0.25) is 5.91 Å². The molecule has 2 rings (SSSR count). The third-order valence-corrected chi connectivity index (χ3v) is 5.42. The minimum absolute atomic E-state index is 0.0262. The number of likely N-dealkylation sites (tertiary alicyclic amines) is 1. The molecule has 1 saturated carbocycles. The molecule has 1 aliphatic heterocycles. The lowest BCUT2D eigenvalue weighted by atomic mass is 9.95. The van der Waals surface area contributed by atoms with Crippen molar-refractivity contribution in [3.05, 3.63) is 0 Å². The van der Waals surface area contributed by atoms with Crippen molar-refractivity contribution in [3.8, 4) is 0 Å². The maximum absolute atomic E-state index is 12.4. The lowest BCUT2D eigenvalue weighted by molar-refractivity contribution is -0.136. The fourth-order valence-electron chi connectivity index (χ4n) is 3.80. The Morgan fingerprint density at radius 3 is 1.96 bits per heavy atom. The van der Waals surface area contributed by atoms with Gasteiger partial charge in [0.25, 0.3) is 0 Å². The summed E-state index contributed by atoms with van der Waals surface area (Å²) in [5.74, 6) is 0.453. The monoisotopic (exact) mass is 323 g/mol. The number of nitrogens with zero attached hydrogens (tertiary/aromatic N) is 1. The first kappa shape index (κ1) is 18.1. The van der Waals surface area contributed by atoms with Crippen molar-refractivity contribution in [2.24, 2.45) is 5.92 Å². The first-order valence-electron chi connectivity index (χ1n) is 9.49. The quantitative estimate of drug-likeness (QED) is 0.817. The average molecular weight is 323 g/mol. The summed E-state index contributed by atoms with van der Waals surface area (Å²) in [6, 6.07) is 0.520. The van der Waals surface area contributed by atoms with Crippen molar-refractivity contribution in [1.29, 1.82) is 0 Å². The van der Waals surface area contributed by atoms with Gasteiger partial charge in [-0.3, -0.25) is 4.79 Å². The molecule has 0 radical (unpaired) electrons. The largest absolute Gasteiger partial charge is 0.342 e. The number of hydrogen-bond donors (Lipinski definition) is 2. The average Bonchev–Trinajstić information content (AvgIpc) is 2.57. The third-order valence-electron chi connectivity index (χ3n) is 5.42. The second-order valence-corrected chi connectivity index (χ2v) is 7.07. The van der Waals surface area contributed by atoms with Gasteiger partial charge in [0, 0.05) is 31.1 Å². The van der Waals surface area contributed by atoms with Crippen LogP contribution in [-0.4, -0.2) is 42.0 Å². The van der Waals surface area contributed by atoms with Crippen LogP contribution < -0.4 is 10.6 Å². The fraction of sp³-hybridized carbons (Fsp3) is 0.889. The van der Waals surface area contributed by atoms with Crippen molar-refractivity contribution < 1.29 is 9.59 Å². The third kappa shape index (κ3) is 5.40. The summed E-state index contributed by atoms with van der Waals surface area (Å²) in [5, 5.41) is 6.20. The molecule has 0 aromatic heterocycles. The van der Waals surface area contributed by atoms with Gasteiger partial charge in [-0.1, -0.05) is 33.1 Å². The summed E-state index contributed by atoms with van der Waals surface area (Å²) in [6.45, 7) is 5.69. The van der Waals surface area contributed by atoms with Crippen LogP contribution in [0.5, 0.6) is 0 Å². The van der Waals surface area contributed by atoms with E-state index in [9.17, 15) is 9.59 Å². The number of urea groups is 1. The van der Waals surface area contributed by atoms with Crippen LogP contribution in [0.4, 0.5) is 4.79 Å². The SMILES string of the molecule is CCC(CC)C(=O)N1CCC(NC(=O)NC2CCCCC2)CC1. The molecule has 0 aromatic carbocycles. The van der Waals surface area contributed by atoms with Crippen LogP contribution in [0.15, 0.2) is 0 Å². The summed E-state index contributed by atoms with van der Waals surface area (Å²) in [5.41, 5.74) is 0. The maximum atomic E-state index is 12.4. The molecule has 2 aliphatic rings. The zero-order chi connectivity index (χ0) is 16.7. The van der Waals surface area contributed by atoms with Crippen LogP contribution in [-0.2, 0) is 4.79 Å². The number of carbonyl (C=O) groups excluding carboxylic acids is 2. The van der Waals surface area contributed by atoms with Crippen LogP contribution >= 0.6 is 0 Å². The van der Waals surface area contributed by atoms with E-state index in [2.05, 4.69) is 24.5 Å². The summed E-state index contributed by atoms with van der Waals surface area (Å²) >= 11 is 0. The number of rotatable bonds is 5. The van der Waals surface area contributed by atoms with Crippen molar-refractivity contribution >= 4 is 11.9 Å². The molecule has 0 unspecified atom stereocenters. The van der Waals surface area contributed by atoms with E-state index in [1.807, 2.05) is 4.90 Å². The molecule has 1 aliphatic carbocycles. The van der Waals surface area contributed by atoms with Gasteiger partial charge in [-0.2, -0.15) is 0 Å². The summed E-state index contributed by atoms with van der Waals surface area (Å²) in [4.78, 5) is 26.5. The van der Waals surface area contributed by atoms with Gasteiger partial charge in [-0.25, -0.2) is 4.79 Å². The standard InChI is InChI=1S/C18H33N3O2/c1-3-14(4-2)17(22)21-12-10-16(11-13-21)20-18(23)19-15-8-6-5-7-9-15/h14-16H,3-13H2,1-2H3,(H2,19,20,23). The molecule has 0 atom stereocenters. The van der Waals surface area contributed by atoms with Gasteiger partial charge in [0.05, 0.1) is 0 Å². The van der Waals surface area contributed by atoms with Crippen LogP contribution in [0.1, 0.15) is 71.6 Å². The second-order valence-electron chi connectivity index (χ2n) is 7.07. The molecule has 1 heterocycles. The molecule has 0 aromatic rings. The highest BCUT2D eigenvalue weighted by Gasteiger charge is 2.27. The van der Waals surface area contributed by atoms with Crippen LogP contribution in [0.3, 0.4) is 0 Å². The van der Waals surface area contributed by atoms with Crippen molar-refractivity contribution in [3.63, 3.8) is 0 Å². The molecule has 2 fully saturated rings. The van der Waals surface area contributed by atoms with Gasteiger partial charge in [0.15, 0.2) is 0 Å². The smallest absolute Gasteiger partial charge is 0.315 e. The van der Waals surface area contributed by atoms with Gasteiger partial charge >= 0.3 is 6.03 Å². The summed E-state index contributed by atoms with van der Waals surface area (Å²) in [6.07, 6.45) is 9.51. The zero-order valence-corrected chi connectivity index (χ0v) is 14.8. The number of carbonyl (C=O) groups is 2. The zero-order valence-electron chi connectivity index (χ0n) is 14.8. The Hall–Kier alpha value is -1.26. The Kier molecular flexibility index (Phi) is 7.18. The Morgan fingerprint density at radius 1 is 0.913 bits per heavy atom. The predicted octanol–water partition coefficient (Wildman–Crippen LogP) is 3.05. The number of hydrogen-bond acceptors (Lipinski definition) is 2. The van der Waals surface area contributed by atoms with Crippen molar-refractivity contribution in [2.75, 3.05) is 13.1 Å². The molecule has 23 heavy (non-hydrogen) atoms. The fourth-order valence-corrected chi connectivity index (χ4v) is 3.80.